The van der Waals surface area contributed by atoms with Crippen LogP contribution in [0.5, 0.6) is 0 Å². The van der Waals surface area contributed by atoms with Crippen LogP contribution in [0.4, 0.5) is 0 Å². The zero-order valence-electron chi connectivity index (χ0n) is 8.21. The molecular weight excluding hydrogens is 150 g/mol. The Morgan fingerprint density at radius 1 is 1.67 bits per heavy atom. The van der Waals surface area contributed by atoms with Gasteiger partial charge < -0.3 is 10.8 Å². The van der Waals surface area contributed by atoms with Gasteiger partial charge in [-0.05, 0) is 36.6 Å². The maximum Gasteiger partial charge on any atom is 0.0462 e. The number of aliphatic hydroxyl groups excluding tert-OH is 1. The van der Waals surface area contributed by atoms with E-state index in [1.165, 1.54) is 19.3 Å². The van der Waals surface area contributed by atoms with Gasteiger partial charge in [-0.25, -0.2) is 0 Å². The molecule has 0 aromatic carbocycles. The molecular formula is C10H21NO. The molecule has 3 atom stereocenters. The summed E-state index contributed by atoms with van der Waals surface area (Å²) in [6.45, 7) is 5.41. The van der Waals surface area contributed by atoms with Gasteiger partial charge in [-0.15, -0.1) is 0 Å². The second-order valence-electron chi connectivity index (χ2n) is 4.50. The monoisotopic (exact) mass is 171 g/mol. The van der Waals surface area contributed by atoms with Gasteiger partial charge in [-0.2, -0.15) is 0 Å². The van der Waals surface area contributed by atoms with E-state index in [2.05, 4.69) is 13.8 Å². The van der Waals surface area contributed by atoms with Crippen molar-refractivity contribution >= 4 is 0 Å². The Kier molecular flexibility index (Phi) is 3.13. The third-order valence-electron chi connectivity index (χ3n) is 3.62. The summed E-state index contributed by atoms with van der Waals surface area (Å²) in [5.74, 6) is 1.16. The quantitative estimate of drug-likeness (QED) is 0.674. The first-order chi connectivity index (χ1) is 5.64. The fraction of sp³-hybridized carbons (Fsp3) is 1.00. The van der Waals surface area contributed by atoms with Gasteiger partial charge in [0.05, 0.1) is 0 Å². The molecule has 0 aromatic rings. The van der Waals surface area contributed by atoms with Crippen LogP contribution < -0.4 is 5.73 Å². The van der Waals surface area contributed by atoms with Crippen LogP contribution in [-0.2, 0) is 0 Å². The topological polar surface area (TPSA) is 46.2 Å². The van der Waals surface area contributed by atoms with Crippen molar-refractivity contribution in [3.8, 4) is 0 Å². The van der Waals surface area contributed by atoms with Crippen molar-refractivity contribution in [1.82, 2.24) is 0 Å². The number of nitrogens with two attached hydrogens (primary N) is 1. The zero-order valence-corrected chi connectivity index (χ0v) is 8.21. The fourth-order valence-corrected chi connectivity index (χ4v) is 2.46. The van der Waals surface area contributed by atoms with Crippen LogP contribution in [0.15, 0.2) is 0 Å². The minimum absolute atomic E-state index is 0.244. The van der Waals surface area contributed by atoms with E-state index in [0.29, 0.717) is 5.92 Å². The van der Waals surface area contributed by atoms with E-state index in [4.69, 9.17) is 10.8 Å². The van der Waals surface area contributed by atoms with Crippen LogP contribution in [0.3, 0.4) is 0 Å². The molecule has 0 amide bonds. The summed E-state index contributed by atoms with van der Waals surface area (Å²) in [5.41, 5.74) is 6.04. The van der Waals surface area contributed by atoms with Crippen LogP contribution in [0.25, 0.3) is 0 Å². The lowest BCUT2D eigenvalue weighted by molar-refractivity contribution is 0.108. The van der Waals surface area contributed by atoms with Gasteiger partial charge in [0.25, 0.3) is 0 Å². The van der Waals surface area contributed by atoms with E-state index in [1.807, 2.05) is 0 Å². The molecule has 2 heteroatoms. The molecule has 3 N–H and O–H groups in total. The van der Waals surface area contributed by atoms with E-state index in [1.54, 1.807) is 0 Å². The first-order valence-electron chi connectivity index (χ1n) is 4.95. The van der Waals surface area contributed by atoms with Crippen LogP contribution in [-0.4, -0.2) is 18.3 Å². The molecule has 0 bridgehead atoms. The largest absolute Gasteiger partial charge is 0.396 e. The first kappa shape index (κ1) is 10.0. The minimum Gasteiger partial charge on any atom is -0.396 e. The molecule has 0 spiro atoms. The van der Waals surface area contributed by atoms with E-state index < -0.39 is 0 Å². The van der Waals surface area contributed by atoms with Gasteiger partial charge in [0, 0.05) is 6.61 Å². The van der Waals surface area contributed by atoms with Gasteiger partial charge in [0.15, 0.2) is 0 Å². The molecule has 1 rings (SSSR count). The van der Waals surface area contributed by atoms with Crippen molar-refractivity contribution in [2.24, 2.45) is 23.0 Å². The van der Waals surface area contributed by atoms with E-state index in [9.17, 15) is 0 Å². The molecule has 0 aromatic heterocycles. The van der Waals surface area contributed by atoms with Crippen LogP contribution >= 0.6 is 0 Å². The summed E-state index contributed by atoms with van der Waals surface area (Å²) in [6, 6.07) is 0. The van der Waals surface area contributed by atoms with E-state index in [0.717, 1.165) is 12.5 Å². The first-order valence-corrected chi connectivity index (χ1v) is 4.95. The lowest BCUT2D eigenvalue weighted by atomic mass is 9.74. The molecule has 1 aliphatic carbocycles. The minimum atomic E-state index is 0.244. The summed E-state index contributed by atoms with van der Waals surface area (Å²) in [7, 11) is 0. The normalized spacial score (nSPS) is 38.5. The Morgan fingerprint density at radius 2 is 2.33 bits per heavy atom. The summed E-state index contributed by atoms with van der Waals surface area (Å²) in [6.07, 6.45) is 3.68. The Morgan fingerprint density at radius 3 is 2.67 bits per heavy atom. The maximum atomic E-state index is 9.12. The summed E-state index contributed by atoms with van der Waals surface area (Å²) >= 11 is 0. The average Bonchev–Trinajstić information content (AvgIpc) is 2.47. The SMILES string of the molecule is CC1CCC(CN)(C(C)CO)C1. The molecule has 1 fully saturated rings. The fourth-order valence-electron chi connectivity index (χ4n) is 2.46. The highest BCUT2D eigenvalue weighted by atomic mass is 16.3. The molecule has 12 heavy (non-hydrogen) atoms. The lowest BCUT2D eigenvalue weighted by Crippen LogP contribution is -2.36. The Hall–Kier alpha value is -0.0800. The van der Waals surface area contributed by atoms with Crippen molar-refractivity contribution in [3.05, 3.63) is 0 Å². The highest BCUT2D eigenvalue weighted by Crippen LogP contribution is 2.45. The number of rotatable bonds is 3. The highest BCUT2D eigenvalue weighted by Gasteiger charge is 2.40. The van der Waals surface area contributed by atoms with Gasteiger partial charge in [-0.3, -0.25) is 0 Å². The molecule has 0 heterocycles. The maximum absolute atomic E-state index is 9.12. The average molecular weight is 171 g/mol. The molecule has 3 unspecified atom stereocenters. The van der Waals surface area contributed by atoms with Gasteiger partial charge >= 0.3 is 0 Å². The Labute approximate surface area is 75.2 Å². The number of hydrogen-bond acceptors (Lipinski definition) is 2. The number of aliphatic hydroxyl groups is 1. The van der Waals surface area contributed by atoms with Crippen LogP contribution in [0.2, 0.25) is 0 Å². The molecule has 1 aliphatic rings. The molecule has 72 valence electrons. The van der Waals surface area contributed by atoms with E-state index in [-0.39, 0.29) is 12.0 Å². The zero-order chi connectivity index (χ0) is 9.19. The molecule has 2 nitrogen and oxygen atoms in total. The second kappa shape index (κ2) is 3.75. The molecule has 1 saturated carbocycles. The van der Waals surface area contributed by atoms with Crippen molar-refractivity contribution in [2.75, 3.05) is 13.2 Å². The third kappa shape index (κ3) is 1.64. The van der Waals surface area contributed by atoms with Crippen molar-refractivity contribution in [3.63, 3.8) is 0 Å². The van der Waals surface area contributed by atoms with Crippen LogP contribution in [0, 0.1) is 17.3 Å². The smallest absolute Gasteiger partial charge is 0.0462 e. The Bertz CT molecular complexity index is 149. The van der Waals surface area contributed by atoms with Crippen molar-refractivity contribution < 1.29 is 5.11 Å². The molecule has 0 radical (unpaired) electrons. The summed E-state index contributed by atoms with van der Waals surface area (Å²) in [5, 5.41) is 9.12. The third-order valence-corrected chi connectivity index (χ3v) is 3.62. The summed E-state index contributed by atoms with van der Waals surface area (Å²) in [4.78, 5) is 0. The van der Waals surface area contributed by atoms with Gasteiger partial charge in [-0.1, -0.05) is 20.3 Å². The van der Waals surface area contributed by atoms with Crippen molar-refractivity contribution in [2.45, 2.75) is 33.1 Å². The second-order valence-corrected chi connectivity index (χ2v) is 4.50. The predicted molar refractivity (Wildman–Crippen MR) is 50.8 cm³/mol. The van der Waals surface area contributed by atoms with Crippen LogP contribution in [0.1, 0.15) is 33.1 Å². The van der Waals surface area contributed by atoms with Gasteiger partial charge in [0.1, 0.15) is 0 Å². The van der Waals surface area contributed by atoms with E-state index >= 15 is 0 Å². The van der Waals surface area contributed by atoms with Gasteiger partial charge in [0.2, 0.25) is 0 Å². The van der Waals surface area contributed by atoms with Crippen molar-refractivity contribution in [1.29, 1.82) is 0 Å². The lowest BCUT2D eigenvalue weighted by Gasteiger charge is -2.33. The highest BCUT2D eigenvalue weighted by molar-refractivity contribution is 4.91. The summed E-state index contributed by atoms with van der Waals surface area (Å²) < 4.78 is 0. The Balaban J connectivity index is 2.63. The predicted octanol–water partition coefficient (Wildman–Crippen LogP) is 1.38. The molecule has 0 aliphatic heterocycles. The number of hydrogen-bond donors (Lipinski definition) is 2. The standard InChI is InChI=1S/C10H21NO/c1-8-3-4-10(5-8,7-11)9(2)6-12/h8-9,12H,3-7,11H2,1-2H3. The molecule has 0 saturated heterocycles.